The third-order valence-electron chi connectivity index (χ3n) is 3.73. The van der Waals surface area contributed by atoms with Crippen molar-refractivity contribution in [3.8, 4) is 0 Å². The summed E-state index contributed by atoms with van der Waals surface area (Å²) in [4.78, 5) is 2.33. The molecule has 19 heavy (non-hydrogen) atoms. The molecule has 0 radical (unpaired) electrons. The molecule has 1 aliphatic rings. The van der Waals surface area contributed by atoms with E-state index >= 15 is 0 Å². The van der Waals surface area contributed by atoms with Crippen LogP contribution in [-0.4, -0.2) is 62.0 Å². The lowest BCUT2D eigenvalue weighted by molar-refractivity contribution is 0.0558. The van der Waals surface area contributed by atoms with E-state index in [1.807, 2.05) is 6.07 Å². The fourth-order valence-electron chi connectivity index (χ4n) is 2.63. The number of hydrogen-bond donors (Lipinski definition) is 2. The van der Waals surface area contributed by atoms with Gasteiger partial charge in [-0.3, -0.25) is 4.90 Å². The molecule has 2 unspecified atom stereocenters. The number of rotatable bonds is 6. The van der Waals surface area contributed by atoms with Gasteiger partial charge in [-0.15, -0.1) is 0 Å². The van der Waals surface area contributed by atoms with Crippen molar-refractivity contribution < 1.29 is 9.84 Å². The van der Waals surface area contributed by atoms with Gasteiger partial charge in [-0.05, 0) is 12.0 Å². The van der Waals surface area contributed by atoms with Gasteiger partial charge >= 0.3 is 0 Å². The maximum atomic E-state index is 9.41. The Morgan fingerprint density at radius 1 is 1.37 bits per heavy atom. The number of nitrogens with zero attached hydrogens (tertiary/aromatic N) is 1. The van der Waals surface area contributed by atoms with E-state index in [0.717, 1.165) is 26.1 Å². The van der Waals surface area contributed by atoms with Crippen molar-refractivity contribution >= 4 is 0 Å². The largest absolute Gasteiger partial charge is 0.395 e. The van der Waals surface area contributed by atoms with Gasteiger partial charge in [0.25, 0.3) is 0 Å². The monoisotopic (exact) mass is 264 g/mol. The van der Waals surface area contributed by atoms with Gasteiger partial charge in [-0.1, -0.05) is 30.3 Å². The number of nitrogens with one attached hydrogen (secondary N) is 1. The number of hydrogen-bond acceptors (Lipinski definition) is 4. The van der Waals surface area contributed by atoms with E-state index in [1.54, 1.807) is 7.11 Å². The minimum atomic E-state index is 0.203. The molecule has 1 aliphatic heterocycles. The molecule has 1 fully saturated rings. The second-order valence-corrected chi connectivity index (χ2v) is 5.12. The summed E-state index contributed by atoms with van der Waals surface area (Å²) < 4.78 is 5.15. The van der Waals surface area contributed by atoms with Crippen LogP contribution in [0, 0.1) is 0 Å². The quantitative estimate of drug-likeness (QED) is 0.786. The highest BCUT2D eigenvalue weighted by Gasteiger charge is 2.26. The lowest BCUT2D eigenvalue weighted by atomic mass is 10.0. The fraction of sp³-hybridized carbons (Fsp3) is 0.600. The minimum absolute atomic E-state index is 0.203. The minimum Gasteiger partial charge on any atom is -0.395 e. The predicted molar refractivity (Wildman–Crippen MR) is 76.3 cm³/mol. The summed E-state index contributed by atoms with van der Waals surface area (Å²) >= 11 is 0. The summed E-state index contributed by atoms with van der Waals surface area (Å²) in [7, 11) is 1.72. The van der Waals surface area contributed by atoms with Crippen LogP contribution in [0.25, 0.3) is 0 Å². The molecule has 1 aromatic carbocycles. The summed E-state index contributed by atoms with van der Waals surface area (Å²) in [5.41, 5.74) is 1.36. The van der Waals surface area contributed by atoms with Crippen LogP contribution < -0.4 is 5.32 Å². The first kappa shape index (κ1) is 14.5. The van der Waals surface area contributed by atoms with Crippen molar-refractivity contribution in [1.29, 1.82) is 0 Å². The Hall–Kier alpha value is -0.940. The van der Waals surface area contributed by atoms with E-state index in [0.29, 0.717) is 12.6 Å². The average Bonchev–Trinajstić information content (AvgIpc) is 2.46. The number of aliphatic hydroxyl groups excluding tert-OH is 1. The Kier molecular flexibility index (Phi) is 5.79. The Bertz CT molecular complexity index is 358. The zero-order valence-electron chi connectivity index (χ0n) is 11.6. The molecule has 1 heterocycles. The smallest absolute Gasteiger partial charge is 0.0599 e. The van der Waals surface area contributed by atoms with Gasteiger partial charge in [-0.25, -0.2) is 0 Å². The first-order valence-electron chi connectivity index (χ1n) is 6.94. The Labute approximate surface area is 115 Å². The number of methoxy groups -OCH3 is 1. The van der Waals surface area contributed by atoms with E-state index in [9.17, 15) is 5.11 Å². The van der Waals surface area contributed by atoms with Crippen LogP contribution in [0.3, 0.4) is 0 Å². The molecule has 106 valence electrons. The maximum Gasteiger partial charge on any atom is 0.0599 e. The molecule has 1 aromatic rings. The number of benzene rings is 1. The number of aliphatic hydroxyl groups is 1. The summed E-state index contributed by atoms with van der Waals surface area (Å²) in [6.45, 7) is 3.61. The number of ether oxygens (including phenoxy) is 1. The van der Waals surface area contributed by atoms with Gasteiger partial charge in [0, 0.05) is 38.8 Å². The molecular formula is C15H24N2O2. The first-order chi connectivity index (χ1) is 9.33. The molecule has 0 saturated carbocycles. The van der Waals surface area contributed by atoms with Gasteiger partial charge in [0.1, 0.15) is 0 Å². The lowest BCUT2D eigenvalue weighted by Crippen LogP contribution is -2.58. The van der Waals surface area contributed by atoms with E-state index in [2.05, 4.69) is 34.5 Å². The Morgan fingerprint density at radius 2 is 2.16 bits per heavy atom. The second kappa shape index (κ2) is 7.60. The normalized spacial score (nSPS) is 24.5. The number of piperazine rings is 1. The molecule has 1 saturated heterocycles. The third kappa shape index (κ3) is 4.28. The standard InChI is InChI=1S/C15H24N2O2/c1-19-8-7-17-11-14(16-10-15(17)12-18)9-13-5-3-2-4-6-13/h2-6,14-16,18H,7-12H2,1H3. The summed E-state index contributed by atoms with van der Waals surface area (Å²) in [6, 6.07) is 11.2. The van der Waals surface area contributed by atoms with Crippen molar-refractivity contribution in [1.82, 2.24) is 10.2 Å². The van der Waals surface area contributed by atoms with Crippen molar-refractivity contribution in [3.05, 3.63) is 35.9 Å². The van der Waals surface area contributed by atoms with Crippen LogP contribution in [0.1, 0.15) is 5.56 Å². The zero-order chi connectivity index (χ0) is 13.5. The topological polar surface area (TPSA) is 44.7 Å². The molecule has 2 rings (SSSR count). The van der Waals surface area contributed by atoms with Crippen LogP contribution in [0.5, 0.6) is 0 Å². The molecular weight excluding hydrogens is 240 g/mol. The predicted octanol–water partition coefficient (Wildman–Crippen LogP) is 0.510. The summed E-state index contributed by atoms with van der Waals surface area (Å²) in [5.74, 6) is 0. The average molecular weight is 264 g/mol. The van der Waals surface area contributed by atoms with Crippen molar-refractivity contribution in [2.75, 3.05) is 40.0 Å². The third-order valence-corrected chi connectivity index (χ3v) is 3.73. The highest BCUT2D eigenvalue weighted by atomic mass is 16.5. The highest BCUT2D eigenvalue weighted by molar-refractivity contribution is 5.16. The summed E-state index contributed by atoms with van der Waals surface area (Å²) in [5, 5.41) is 12.9. The van der Waals surface area contributed by atoms with Gasteiger partial charge in [-0.2, -0.15) is 0 Å². The van der Waals surface area contributed by atoms with E-state index in [1.165, 1.54) is 5.56 Å². The molecule has 4 heteroatoms. The van der Waals surface area contributed by atoms with Gasteiger partial charge in [0.15, 0.2) is 0 Å². The lowest BCUT2D eigenvalue weighted by Gasteiger charge is -2.39. The molecule has 0 bridgehead atoms. The molecule has 2 N–H and O–H groups in total. The van der Waals surface area contributed by atoms with Crippen LogP contribution in [0.15, 0.2) is 30.3 Å². The second-order valence-electron chi connectivity index (χ2n) is 5.12. The first-order valence-corrected chi connectivity index (χ1v) is 6.94. The Morgan fingerprint density at radius 3 is 2.84 bits per heavy atom. The van der Waals surface area contributed by atoms with E-state index < -0.39 is 0 Å². The van der Waals surface area contributed by atoms with Crippen LogP contribution in [0.4, 0.5) is 0 Å². The molecule has 0 spiro atoms. The van der Waals surface area contributed by atoms with Gasteiger partial charge in [0.05, 0.1) is 13.2 Å². The molecule has 4 nitrogen and oxygen atoms in total. The fourth-order valence-corrected chi connectivity index (χ4v) is 2.63. The van der Waals surface area contributed by atoms with Crippen LogP contribution in [-0.2, 0) is 11.2 Å². The maximum absolute atomic E-state index is 9.41. The van der Waals surface area contributed by atoms with Crippen molar-refractivity contribution in [3.63, 3.8) is 0 Å². The van der Waals surface area contributed by atoms with Crippen LogP contribution >= 0.6 is 0 Å². The SMILES string of the molecule is COCCN1CC(Cc2ccccc2)NCC1CO. The van der Waals surface area contributed by atoms with E-state index in [-0.39, 0.29) is 12.6 Å². The van der Waals surface area contributed by atoms with Gasteiger partial charge < -0.3 is 15.2 Å². The van der Waals surface area contributed by atoms with Crippen LogP contribution in [0.2, 0.25) is 0 Å². The van der Waals surface area contributed by atoms with E-state index in [4.69, 9.17) is 4.74 Å². The van der Waals surface area contributed by atoms with Gasteiger partial charge in [0.2, 0.25) is 0 Å². The molecule has 0 aliphatic carbocycles. The molecule has 0 aromatic heterocycles. The zero-order valence-corrected chi connectivity index (χ0v) is 11.6. The Balaban J connectivity index is 1.89. The molecule has 2 atom stereocenters. The summed E-state index contributed by atoms with van der Waals surface area (Å²) in [6.07, 6.45) is 1.03. The molecule has 0 amide bonds. The van der Waals surface area contributed by atoms with Crippen molar-refractivity contribution in [2.24, 2.45) is 0 Å². The van der Waals surface area contributed by atoms with Crippen molar-refractivity contribution in [2.45, 2.75) is 18.5 Å². The highest BCUT2D eigenvalue weighted by Crippen LogP contribution is 2.11.